The molecule has 0 spiro atoms. The van der Waals surface area contributed by atoms with E-state index in [0.29, 0.717) is 24.3 Å². The van der Waals surface area contributed by atoms with Gasteiger partial charge in [0, 0.05) is 22.8 Å². The van der Waals surface area contributed by atoms with Gasteiger partial charge in [0.1, 0.15) is 23.5 Å². The maximum Gasteiger partial charge on any atom is 0.416 e. The van der Waals surface area contributed by atoms with Crippen LogP contribution in [-0.4, -0.2) is 37.2 Å². The third-order valence-corrected chi connectivity index (χ3v) is 8.36. The minimum Gasteiger partial charge on any atom is -0.496 e. The van der Waals surface area contributed by atoms with Crippen LogP contribution in [0.2, 0.25) is 0 Å². The molecule has 276 valence electrons. The summed E-state index contributed by atoms with van der Waals surface area (Å²) in [4.78, 5) is 25.8. The molecule has 4 aromatic rings. The van der Waals surface area contributed by atoms with Crippen molar-refractivity contribution in [2.24, 2.45) is 0 Å². The molecular weight excluding hydrogens is 723 g/mol. The van der Waals surface area contributed by atoms with E-state index in [1.54, 1.807) is 0 Å². The molecule has 5 rings (SSSR count). The van der Waals surface area contributed by atoms with Gasteiger partial charge in [0.05, 0.1) is 49.1 Å². The average molecular weight is 748 g/mol. The van der Waals surface area contributed by atoms with Crippen LogP contribution in [0.15, 0.2) is 66.7 Å². The van der Waals surface area contributed by atoms with Gasteiger partial charge in [-0.2, -0.15) is 39.5 Å². The highest BCUT2D eigenvalue weighted by atomic mass is 19.4. The number of ether oxygens (including phenoxy) is 3. The largest absolute Gasteiger partial charge is 0.496 e. The van der Waals surface area contributed by atoms with E-state index in [0.717, 1.165) is 55.5 Å². The zero-order chi connectivity index (χ0) is 38.5. The van der Waals surface area contributed by atoms with E-state index < -0.39 is 88.7 Å². The summed E-state index contributed by atoms with van der Waals surface area (Å²) in [5.41, 5.74) is -6.66. The van der Waals surface area contributed by atoms with Crippen LogP contribution in [0.1, 0.15) is 51.2 Å². The monoisotopic (exact) mass is 747 g/mol. The summed E-state index contributed by atoms with van der Waals surface area (Å²) >= 11 is 0. The van der Waals surface area contributed by atoms with E-state index in [1.165, 1.54) is 6.92 Å². The van der Waals surface area contributed by atoms with Gasteiger partial charge < -0.3 is 14.2 Å². The molecule has 0 N–H and O–H groups in total. The lowest BCUT2D eigenvalue weighted by Crippen LogP contribution is -2.32. The second kappa shape index (κ2) is 13.7. The summed E-state index contributed by atoms with van der Waals surface area (Å²) in [7, 11) is 2.17. The number of carbonyl (C=O) groups excluding carboxylic acids is 2. The van der Waals surface area contributed by atoms with E-state index in [-0.39, 0.29) is 39.6 Å². The second-order valence-electron chi connectivity index (χ2n) is 11.6. The predicted molar refractivity (Wildman–Crippen MR) is 161 cm³/mol. The van der Waals surface area contributed by atoms with Crippen LogP contribution >= 0.6 is 0 Å². The standard InChI is InChI=1S/C35H24F11NO5/c1-16-30(18-8-21(34(41,42)43)12-22(9-18)35(44,45)46)52-32(49)47(16)15-19-10-20(33(38,39)40)5-7-23(19)26-13-25(28(37)14-29(26)50-2)24-6-4-17(11-27(24)36)31(48)51-3/h4-14,16,30H,15H2,1-3H3/t16-,30-/m0/s1. The van der Waals surface area contributed by atoms with Gasteiger partial charge in [0.2, 0.25) is 0 Å². The Bertz CT molecular complexity index is 2010. The fourth-order valence-corrected chi connectivity index (χ4v) is 5.77. The summed E-state index contributed by atoms with van der Waals surface area (Å²) in [5.74, 6) is -3.22. The number of carbonyl (C=O) groups is 2. The lowest BCUT2D eigenvalue weighted by atomic mass is 9.92. The first-order valence-corrected chi connectivity index (χ1v) is 14.9. The van der Waals surface area contributed by atoms with Gasteiger partial charge in [-0.15, -0.1) is 0 Å². The number of methoxy groups -OCH3 is 2. The zero-order valence-corrected chi connectivity index (χ0v) is 26.9. The third-order valence-electron chi connectivity index (χ3n) is 8.36. The smallest absolute Gasteiger partial charge is 0.416 e. The Balaban J connectivity index is 1.61. The molecule has 4 aromatic carbocycles. The van der Waals surface area contributed by atoms with Crippen LogP contribution in [0, 0.1) is 11.6 Å². The highest BCUT2D eigenvalue weighted by Crippen LogP contribution is 2.44. The molecule has 0 unspecified atom stereocenters. The number of alkyl halides is 9. The molecule has 1 heterocycles. The van der Waals surface area contributed by atoms with Gasteiger partial charge in [0.25, 0.3) is 0 Å². The Morgan fingerprint density at radius 3 is 1.83 bits per heavy atom. The highest BCUT2D eigenvalue weighted by Gasteiger charge is 2.44. The van der Waals surface area contributed by atoms with Gasteiger partial charge in [-0.3, -0.25) is 4.90 Å². The second-order valence-corrected chi connectivity index (χ2v) is 11.6. The van der Waals surface area contributed by atoms with E-state index in [1.807, 2.05) is 0 Å². The number of hydrogen-bond acceptors (Lipinski definition) is 5. The van der Waals surface area contributed by atoms with Gasteiger partial charge in [0.15, 0.2) is 0 Å². The van der Waals surface area contributed by atoms with Crippen molar-refractivity contribution >= 4 is 12.1 Å². The first kappa shape index (κ1) is 37.9. The Labute approximate surface area is 287 Å². The molecule has 0 aromatic heterocycles. The number of hydrogen-bond donors (Lipinski definition) is 0. The molecule has 0 saturated carbocycles. The molecule has 0 bridgehead atoms. The number of cyclic esters (lactones) is 1. The summed E-state index contributed by atoms with van der Waals surface area (Å²) in [6.45, 7) is 0.479. The number of benzene rings is 4. The van der Waals surface area contributed by atoms with Crippen LogP contribution in [0.3, 0.4) is 0 Å². The van der Waals surface area contributed by atoms with Crippen molar-refractivity contribution in [3.8, 4) is 28.0 Å². The van der Waals surface area contributed by atoms with Crippen LogP contribution in [-0.2, 0) is 34.5 Å². The highest BCUT2D eigenvalue weighted by molar-refractivity contribution is 5.90. The first-order chi connectivity index (χ1) is 24.1. The number of esters is 1. The van der Waals surface area contributed by atoms with Crippen molar-refractivity contribution in [2.75, 3.05) is 14.2 Å². The lowest BCUT2D eigenvalue weighted by Gasteiger charge is -2.24. The van der Waals surface area contributed by atoms with E-state index >= 15 is 8.78 Å². The van der Waals surface area contributed by atoms with Gasteiger partial charge in [-0.25, -0.2) is 18.4 Å². The molecule has 6 nitrogen and oxygen atoms in total. The van der Waals surface area contributed by atoms with Crippen LogP contribution in [0.25, 0.3) is 22.3 Å². The van der Waals surface area contributed by atoms with E-state index in [9.17, 15) is 49.1 Å². The SMILES string of the molecule is COC(=O)c1ccc(-c2cc(-c3ccc(C(F)(F)F)cc3CN3C(=O)O[C@H](c4cc(C(F)(F)F)cc(C(F)(F)F)c4)[C@@H]3C)c(OC)cc2F)c(F)c1. The fourth-order valence-electron chi connectivity index (χ4n) is 5.77. The summed E-state index contributed by atoms with van der Waals surface area (Å²) < 4.78 is 169. The quantitative estimate of drug-likeness (QED) is 0.139. The third kappa shape index (κ3) is 7.48. The number of rotatable bonds is 7. The van der Waals surface area contributed by atoms with Crippen LogP contribution in [0.5, 0.6) is 5.75 Å². The first-order valence-electron chi connectivity index (χ1n) is 14.9. The van der Waals surface area contributed by atoms with Crippen molar-refractivity contribution in [3.05, 3.63) is 112 Å². The van der Waals surface area contributed by atoms with Crippen molar-refractivity contribution in [1.82, 2.24) is 4.90 Å². The van der Waals surface area contributed by atoms with Gasteiger partial charge >= 0.3 is 30.6 Å². The number of nitrogens with zero attached hydrogens (tertiary/aromatic N) is 1. The van der Waals surface area contributed by atoms with Crippen molar-refractivity contribution in [3.63, 3.8) is 0 Å². The van der Waals surface area contributed by atoms with E-state index in [4.69, 9.17) is 9.47 Å². The maximum atomic E-state index is 15.4. The summed E-state index contributed by atoms with van der Waals surface area (Å²) in [6, 6.07) is 6.50. The molecular formula is C35H24F11NO5. The van der Waals surface area contributed by atoms with Crippen LogP contribution in [0.4, 0.5) is 53.1 Å². The molecule has 2 atom stereocenters. The van der Waals surface area contributed by atoms with Crippen molar-refractivity contribution < 1.29 is 72.1 Å². The summed E-state index contributed by atoms with van der Waals surface area (Å²) in [6.07, 6.45) is -18.3. The summed E-state index contributed by atoms with van der Waals surface area (Å²) in [5, 5.41) is 0. The Morgan fingerprint density at radius 2 is 1.29 bits per heavy atom. The lowest BCUT2D eigenvalue weighted by molar-refractivity contribution is -0.143. The van der Waals surface area contributed by atoms with Crippen LogP contribution < -0.4 is 4.74 Å². The average Bonchev–Trinajstić information content (AvgIpc) is 3.35. The van der Waals surface area contributed by atoms with Gasteiger partial charge in [-0.05, 0) is 72.1 Å². The fraction of sp³-hybridized carbons (Fsp3) is 0.257. The molecule has 1 aliphatic rings. The predicted octanol–water partition coefficient (Wildman–Crippen LogP) is 10.2. The number of amides is 1. The molecule has 1 aliphatic heterocycles. The Kier molecular flexibility index (Phi) is 9.95. The number of halogens is 11. The molecule has 0 radical (unpaired) electrons. The zero-order valence-electron chi connectivity index (χ0n) is 26.9. The van der Waals surface area contributed by atoms with Crippen molar-refractivity contribution in [2.45, 2.75) is 44.1 Å². The molecule has 0 aliphatic carbocycles. The molecule has 1 amide bonds. The molecule has 1 saturated heterocycles. The van der Waals surface area contributed by atoms with Gasteiger partial charge in [-0.1, -0.05) is 12.1 Å². The topological polar surface area (TPSA) is 65.1 Å². The Hall–Kier alpha value is -5.35. The minimum absolute atomic E-state index is 0.0940. The molecule has 52 heavy (non-hydrogen) atoms. The van der Waals surface area contributed by atoms with E-state index in [2.05, 4.69) is 4.74 Å². The molecule has 1 fully saturated rings. The normalized spacial score (nSPS) is 16.6. The maximum absolute atomic E-state index is 15.4. The molecule has 17 heteroatoms. The Morgan fingerprint density at radius 1 is 0.712 bits per heavy atom. The minimum atomic E-state index is -5.21. The van der Waals surface area contributed by atoms with Crippen molar-refractivity contribution in [1.29, 1.82) is 0 Å².